The standard InChI is InChI=1S/C20H23FN2O2/c1-4-14-7-5-6-8-17(14)22-20(25)18(13(2)3)23-19(24)15-9-11-16(21)12-10-15/h5-13,18H,4H2,1-3H3,(H,22,25)(H,23,24)/t18-/m0/s1. The van der Waals surface area contributed by atoms with Crippen LogP contribution in [-0.2, 0) is 11.2 Å². The van der Waals surface area contributed by atoms with Gasteiger partial charge in [0.25, 0.3) is 5.91 Å². The lowest BCUT2D eigenvalue weighted by Crippen LogP contribution is -2.47. The van der Waals surface area contributed by atoms with E-state index in [1.54, 1.807) is 0 Å². The van der Waals surface area contributed by atoms with Crippen LogP contribution in [0.4, 0.5) is 10.1 Å². The van der Waals surface area contributed by atoms with E-state index < -0.39 is 17.8 Å². The Hall–Kier alpha value is -2.69. The first kappa shape index (κ1) is 18.6. The Morgan fingerprint density at radius 3 is 2.28 bits per heavy atom. The molecule has 0 aliphatic rings. The summed E-state index contributed by atoms with van der Waals surface area (Å²) in [6.45, 7) is 5.74. The number of benzene rings is 2. The lowest BCUT2D eigenvalue weighted by Gasteiger charge is -2.22. The third-order valence-electron chi connectivity index (χ3n) is 4.00. The highest BCUT2D eigenvalue weighted by molar-refractivity contribution is 6.01. The third-order valence-corrected chi connectivity index (χ3v) is 4.00. The molecular weight excluding hydrogens is 319 g/mol. The number of hydrogen-bond donors (Lipinski definition) is 2. The molecule has 132 valence electrons. The maximum absolute atomic E-state index is 13.0. The summed E-state index contributed by atoms with van der Waals surface area (Å²) in [7, 11) is 0. The summed E-state index contributed by atoms with van der Waals surface area (Å²) in [6, 6.07) is 12.1. The van der Waals surface area contributed by atoms with Gasteiger partial charge in [-0.15, -0.1) is 0 Å². The lowest BCUT2D eigenvalue weighted by atomic mass is 10.0. The Labute approximate surface area is 147 Å². The van der Waals surface area contributed by atoms with Crippen LogP contribution in [0.5, 0.6) is 0 Å². The van der Waals surface area contributed by atoms with Gasteiger partial charge >= 0.3 is 0 Å². The number of anilines is 1. The first-order valence-corrected chi connectivity index (χ1v) is 8.37. The Kier molecular flexibility index (Phi) is 6.28. The number of rotatable bonds is 6. The van der Waals surface area contributed by atoms with Gasteiger partial charge in [-0.3, -0.25) is 9.59 Å². The fourth-order valence-corrected chi connectivity index (χ4v) is 2.52. The van der Waals surface area contributed by atoms with Crippen molar-refractivity contribution >= 4 is 17.5 Å². The van der Waals surface area contributed by atoms with Crippen molar-refractivity contribution in [1.82, 2.24) is 5.32 Å². The van der Waals surface area contributed by atoms with Crippen molar-refractivity contribution in [3.05, 3.63) is 65.5 Å². The summed E-state index contributed by atoms with van der Waals surface area (Å²) in [6.07, 6.45) is 0.796. The highest BCUT2D eigenvalue weighted by atomic mass is 19.1. The number of carbonyl (C=O) groups excluding carboxylic acids is 2. The molecule has 0 fully saturated rings. The van der Waals surface area contributed by atoms with E-state index in [2.05, 4.69) is 10.6 Å². The summed E-state index contributed by atoms with van der Waals surface area (Å²) >= 11 is 0. The third kappa shape index (κ3) is 4.89. The van der Waals surface area contributed by atoms with Crippen LogP contribution in [0.15, 0.2) is 48.5 Å². The second-order valence-electron chi connectivity index (χ2n) is 6.20. The van der Waals surface area contributed by atoms with Gasteiger partial charge in [-0.2, -0.15) is 0 Å². The summed E-state index contributed by atoms with van der Waals surface area (Å²) in [4.78, 5) is 25.0. The van der Waals surface area contributed by atoms with Gasteiger partial charge in [0.2, 0.25) is 5.91 Å². The Morgan fingerprint density at radius 1 is 1.04 bits per heavy atom. The molecule has 2 amide bonds. The van der Waals surface area contributed by atoms with Crippen LogP contribution in [0.25, 0.3) is 0 Å². The molecule has 0 spiro atoms. The van der Waals surface area contributed by atoms with Gasteiger partial charge in [0, 0.05) is 11.3 Å². The van der Waals surface area contributed by atoms with Crippen molar-refractivity contribution in [3.8, 4) is 0 Å². The minimum absolute atomic E-state index is 0.0989. The number of amides is 2. The molecule has 0 unspecified atom stereocenters. The Bertz CT molecular complexity index is 742. The van der Waals surface area contributed by atoms with Crippen LogP contribution in [0.1, 0.15) is 36.7 Å². The minimum atomic E-state index is -0.692. The predicted molar refractivity (Wildman–Crippen MR) is 96.9 cm³/mol. The van der Waals surface area contributed by atoms with Gasteiger partial charge in [0.15, 0.2) is 0 Å². The highest BCUT2D eigenvalue weighted by Gasteiger charge is 2.25. The number of nitrogens with one attached hydrogen (secondary N) is 2. The van der Waals surface area contributed by atoms with Gasteiger partial charge in [-0.1, -0.05) is 39.0 Å². The van der Waals surface area contributed by atoms with Crippen molar-refractivity contribution in [1.29, 1.82) is 0 Å². The van der Waals surface area contributed by atoms with E-state index in [9.17, 15) is 14.0 Å². The molecule has 0 radical (unpaired) electrons. The van der Waals surface area contributed by atoms with E-state index in [4.69, 9.17) is 0 Å². The van der Waals surface area contributed by atoms with Crippen molar-refractivity contribution in [2.45, 2.75) is 33.2 Å². The van der Waals surface area contributed by atoms with Crippen molar-refractivity contribution in [3.63, 3.8) is 0 Å². The molecule has 0 aromatic heterocycles. The SMILES string of the molecule is CCc1ccccc1NC(=O)[C@@H](NC(=O)c1ccc(F)cc1)C(C)C. The number of hydrogen-bond acceptors (Lipinski definition) is 2. The van der Waals surface area contributed by atoms with Crippen LogP contribution in [0.3, 0.4) is 0 Å². The summed E-state index contributed by atoms with van der Waals surface area (Å²) in [5.74, 6) is -1.19. The van der Waals surface area contributed by atoms with Gasteiger partial charge in [0.05, 0.1) is 0 Å². The minimum Gasteiger partial charge on any atom is -0.340 e. The molecular formula is C20H23FN2O2. The average molecular weight is 342 g/mol. The van der Waals surface area contributed by atoms with Crippen LogP contribution >= 0.6 is 0 Å². The van der Waals surface area contributed by atoms with Gasteiger partial charge < -0.3 is 10.6 Å². The molecule has 0 aliphatic carbocycles. The second-order valence-corrected chi connectivity index (χ2v) is 6.20. The fourth-order valence-electron chi connectivity index (χ4n) is 2.52. The molecule has 4 nitrogen and oxygen atoms in total. The zero-order chi connectivity index (χ0) is 18.4. The molecule has 5 heteroatoms. The maximum atomic E-state index is 13.0. The zero-order valence-corrected chi connectivity index (χ0v) is 14.7. The average Bonchev–Trinajstić information content (AvgIpc) is 2.60. The normalized spacial score (nSPS) is 11.9. The monoisotopic (exact) mass is 342 g/mol. The smallest absolute Gasteiger partial charge is 0.251 e. The van der Waals surface area contributed by atoms with Crippen LogP contribution in [0, 0.1) is 11.7 Å². The fraction of sp³-hybridized carbons (Fsp3) is 0.300. The molecule has 1 atom stereocenters. The number of aryl methyl sites for hydroxylation is 1. The molecule has 2 rings (SSSR count). The first-order chi connectivity index (χ1) is 11.9. The number of halogens is 1. The van der Waals surface area contributed by atoms with E-state index in [1.807, 2.05) is 45.0 Å². The molecule has 0 aliphatic heterocycles. The van der Waals surface area contributed by atoms with E-state index >= 15 is 0 Å². The van der Waals surface area contributed by atoms with Crippen LogP contribution in [0.2, 0.25) is 0 Å². The molecule has 0 saturated carbocycles. The molecule has 2 aromatic carbocycles. The Morgan fingerprint density at radius 2 is 1.68 bits per heavy atom. The predicted octanol–water partition coefficient (Wildman–Crippen LogP) is 3.78. The van der Waals surface area contributed by atoms with Crippen molar-refractivity contribution in [2.75, 3.05) is 5.32 Å². The zero-order valence-electron chi connectivity index (χ0n) is 14.7. The quantitative estimate of drug-likeness (QED) is 0.839. The van der Waals surface area contributed by atoms with Crippen molar-refractivity contribution < 1.29 is 14.0 Å². The summed E-state index contributed by atoms with van der Waals surface area (Å²) in [5, 5.41) is 5.63. The molecule has 25 heavy (non-hydrogen) atoms. The molecule has 0 heterocycles. The first-order valence-electron chi connectivity index (χ1n) is 8.37. The number of carbonyl (C=O) groups is 2. The highest BCUT2D eigenvalue weighted by Crippen LogP contribution is 2.17. The second kappa shape index (κ2) is 8.42. The maximum Gasteiger partial charge on any atom is 0.251 e. The Balaban J connectivity index is 2.12. The lowest BCUT2D eigenvalue weighted by molar-refractivity contribution is -0.118. The summed E-state index contributed by atoms with van der Waals surface area (Å²) in [5.41, 5.74) is 2.09. The van der Waals surface area contributed by atoms with Crippen LogP contribution < -0.4 is 10.6 Å². The summed E-state index contributed by atoms with van der Waals surface area (Å²) < 4.78 is 13.0. The number of para-hydroxylation sites is 1. The molecule has 2 N–H and O–H groups in total. The molecule has 0 saturated heterocycles. The van der Waals surface area contributed by atoms with Gasteiger partial charge in [-0.25, -0.2) is 4.39 Å². The largest absolute Gasteiger partial charge is 0.340 e. The van der Waals surface area contributed by atoms with E-state index in [1.165, 1.54) is 24.3 Å². The van der Waals surface area contributed by atoms with E-state index in [0.29, 0.717) is 5.56 Å². The topological polar surface area (TPSA) is 58.2 Å². The van der Waals surface area contributed by atoms with Crippen LogP contribution in [-0.4, -0.2) is 17.9 Å². The molecule has 0 bridgehead atoms. The van der Waals surface area contributed by atoms with Crippen molar-refractivity contribution in [2.24, 2.45) is 5.92 Å². The van der Waals surface area contributed by atoms with Gasteiger partial charge in [-0.05, 0) is 48.2 Å². The van der Waals surface area contributed by atoms with Gasteiger partial charge in [0.1, 0.15) is 11.9 Å². The van der Waals surface area contributed by atoms with E-state index in [0.717, 1.165) is 17.7 Å². The molecule has 2 aromatic rings. The van der Waals surface area contributed by atoms with E-state index in [-0.39, 0.29) is 11.8 Å².